The molecule has 3 aromatic rings. The molecule has 0 saturated carbocycles. The Balaban J connectivity index is 1.47. The zero-order valence-electron chi connectivity index (χ0n) is 14.0. The topological polar surface area (TPSA) is 59.2 Å². The molecular formula is C19H19N3O2S. The van der Waals surface area contributed by atoms with Gasteiger partial charge in [-0.25, -0.2) is 0 Å². The number of nitrogens with zero attached hydrogens (tertiary/aromatic N) is 3. The van der Waals surface area contributed by atoms with E-state index < -0.39 is 0 Å². The van der Waals surface area contributed by atoms with Crippen LogP contribution in [0, 0.1) is 0 Å². The van der Waals surface area contributed by atoms with Crippen molar-refractivity contribution in [3.05, 3.63) is 58.0 Å². The van der Waals surface area contributed by atoms with E-state index in [1.165, 1.54) is 10.4 Å². The van der Waals surface area contributed by atoms with E-state index in [0.717, 1.165) is 12.0 Å². The molecule has 1 saturated heterocycles. The van der Waals surface area contributed by atoms with Crippen LogP contribution in [0.4, 0.5) is 0 Å². The molecule has 128 valence electrons. The maximum absolute atomic E-state index is 12.3. The average Bonchev–Trinajstić information content (AvgIpc) is 3.37. The van der Waals surface area contributed by atoms with Gasteiger partial charge in [0.2, 0.25) is 5.91 Å². The van der Waals surface area contributed by atoms with Crippen molar-refractivity contribution in [1.82, 2.24) is 15.0 Å². The van der Waals surface area contributed by atoms with Crippen molar-refractivity contribution < 1.29 is 9.32 Å². The van der Waals surface area contributed by atoms with Gasteiger partial charge in [-0.3, -0.25) is 4.79 Å². The largest absolute Gasteiger partial charge is 0.337 e. The predicted octanol–water partition coefficient (Wildman–Crippen LogP) is 3.88. The number of likely N-dealkylation sites (tertiary alicyclic amines) is 1. The summed E-state index contributed by atoms with van der Waals surface area (Å²) >= 11 is 1.67. The van der Waals surface area contributed by atoms with Crippen LogP contribution in [0.2, 0.25) is 0 Å². The number of benzene rings is 1. The fraction of sp³-hybridized carbons (Fsp3) is 0.316. The molecule has 1 aromatic carbocycles. The molecule has 3 heterocycles. The van der Waals surface area contributed by atoms with Gasteiger partial charge < -0.3 is 9.42 Å². The molecule has 1 amide bonds. The summed E-state index contributed by atoms with van der Waals surface area (Å²) in [4.78, 5) is 19.9. The first-order valence-corrected chi connectivity index (χ1v) is 9.34. The van der Waals surface area contributed by atoms with Gasteiger partial charge >= 0.3 is 0 Å². The van der Waals surface area contributed by atoms with Crippen LogP contribution >= 0.6 is 11.3 Å². The van der Waals surface area contributed by atoms with Crippen LogP contribution in [0.25, 0.3) is 11.5 Å². The number of hydrogen-bond acceptors (Lipinski definition) is 5. The summed E-state index contributed by atoms with van der Waals surface area (Å²) in [6.07, 6.45) is 1.44. The summed E-state index contributed by atoms with van der Waals surface area (Å²) in [5, 5.41) is 6.15. The lowest BCUT2D eigenvalue weighted by molar-refractivity contribution is -0.128. The number of carbonyl (C=O) groups is 1. The van der Waals surface area contributed by atoms with Crippen LogP contribution in [0.5, 0.6) is 0 Å². The lowest BCUT2D eigenvalue weighted by atomic mass is 10.1. The van der Waals surface area contributed by atoms with E-state index >= 15 is 0 Å². The Morgan fingerprint density at radius 2 is 2.12 bits per heavy atom. The molecule has 1 aliphatic rings. The van der Waals surface area contributed by atoms with Gasteiger partial charge in [0.25, 0.3) is 5.89 Å². The summed E-state index contributed by atoms with van der Waals surface area (Å²) in [6, 6.07) is 12.2. The Hall–Kier alpha value is -2.47. The highest BCUT2D eigenvalue weighted by molar-refractivity contribution is 7.09. The second-order valence-electron chi connectivity index (χ2n) is 6.26. The fourth-order valence-corrected chi connectivity index (χ4v) is 3.81. The summed E-state index contributed by atoms with van der Waals surface area (Å²) in [5.41, 5.74) is 2.19. The Bertz CT molecular complexity index is 855. The highest BCUT2D eigenvalue weighted by Gasteiger charge is 2.33. The number of aryl methyl sites for hydroxylation is 1. The van der Waals surface area contributed by atoms with Gasteiger partial charge in [-0.2, -0.15) is 4.98 Å². The zero-order chi connectivity index (χ0) is 17.2. The van der Waals surface area contributed by atoms with E-state index in [1.54, 1.807) is 11.3 Å². The Morgan fingerprint density at radius 1 is 1.28 bits per heavy atom. The quantitative estimate of drug-likeness (QED) is 0.698. The van der Waals surface area contributed by atoms with Crippen LogP contribution in [-0.4, -0.2) is 27.5 Å². The predicted molar refractivity (Wildman–Crippen MR) is 96.2 cm³/mol. The highest BCUT2D eigenvalue weighted by atomic mass is 32.1. The first kappa shape index (κ1) is 16.0. The van der Waals surface area contributed by atoms with Crippen LogP contribution < -0.4 is 0 Å². The third-order valence-corrected chi connectivity index (χ3v) is 5.42. The van der Waals surface area contributed by atoms with Crippen molar-refractivity contribution >= 4 is 17.2 Å². The summed E-state index contributed by atoms with van der Waals surface area (Å²) < 4.78 is 5.42. The van der Waals surface area contributed by atoms with Crippen molar-refractivity contribution in [3.63, 3.8) is 0 Å². The van der Waals surface area contributed by atoms with Gasteiger partial charge in [-0.15, -0.1) is 11.3 Å². The fourth-order valence-electron chi connectivity index (χ4n) is 3.09. The van der Waals surface area contributed by atoms with Gasteiger partial charge in [0.1, 0.15) is 0 Å². The Kier molecular flexibility index (Phi) is 4.36. The lowest BCUT2D eigenvalue weighted by Gasteiger charge is -2.14. The molecular weight excluding hydrogens is 334 g/mol. The number of hydrogen-bond donors (Lipinski definition) is 0. The SMILES string of the molecule is CCc1ccc(-c2nc(C3CC(=O)N(Cc4cccs4)C3)no2)cc1. The molecule has 1 aliphatic heterocycles. The second-order valence-corrected chi connectivity index (χ2v) is 7.30. The van der Waals surface area contributed by atoms with Crippen molar-refractivity contribution in [3.8, 4) is 11.5 Å². The zero-order valence-corrected chi connectivity index (χ0v) is 14.8. The number of aromatic nitrogens is 2. The molecule has 0 N–H and O–H groups in total. The highest BCUT2D eigenvalue weighted by Crippen LogP contribution is 2.29. The van der Waals surface area contributed by atoms with Crippen molar-refractivity contribution in [2.45, 2.75) is 32.2 Å². The van der Waals surface area contributed by atoms with Crippen LogP contribution in [0.3, 0.4) is 0 Å². The molecule has 25 heavy (non-hydrogen) atoms. The second kappa shape index (κ2) is 6.80. The Labute approximate surface area is 150 Å². The molecule has 4 rings (SSSR count). The standard InChI is InChI=1S/C19H19N3O2S/c1-2-13-5-7-14(8-6-13)19-20-18(21-24-19)15-10-17(23)22(11-15)12-16-4-3-9-25-16/h3-9,15H,2,10-12H2,1H3. The molecule has 0 bridgehead atoms. The summed E-state index contributed by atoms with van der Waals surface area (Å²) in [6.45, 7) is 3.43. The lowest BCUT2D eigenvalue weighted by Crippen LogP contribution is -2.23. The van der Waals surface area contributed by atoms with Crippen molar-refractivity contribution in [2.24, 2.45) is 0 Å². The number of rotatable bonds is 5. The van der Waals surface area contributed by atoms with E-state index in [2.05, 4.69) is 35.3 Å². The first-order chi connectivity index (χ1) is 12.2. The molecule has 6 heteroatoms. The normalized spacial score (nSPS) is 17.4. The van der Waals surface area contributed by atoms with Crippen LogP contribution in [0.1, 0.15) is 35.5 Å². The molecule has 0 spiro atoms. The maximum Gasteiger partial charge on any atom is 0.257 e. The number of thiophene rings is 1. The maximum atomic E-state index is 12.3. The molecule has 0 radical (unpaired) electrons. The van der Waals surface area contributed by atoms with Crippen LogP contribution in [-0.2, 0) is 17.8 Å². The Morgan fingerprint density at radius 3 is 2.84 bits per heavy atom. The van der Waals surface area contributed by atoms with E-state index in [9.17, 15) is 4.79 Å². The van der Waals surface area contributed by atoms with Crippen molar-refractivity contribution in [2.75, 3.05) is 6.54 Å². The molecule has 5 nitrogen and oxygen atoms in total. The van der Waals surface area contributed by atoms with Gasteiger partial charge in [0, 0.05) is 29.3 Å². The number of carbonyl (C=O) groups excluding carboxylic acids is 1. The summed E-state index contributed by atoms with van der Waals surface area (Å²) in [7, 11) is 0. The van der Waals surface area contributed by atoms with E-state index in [4.69, 9.17) is 4.52 Å². The minimum atomic E-state index is -0.000114. The van der Waals surface area contributed by atoms with E-state index in [1.807, 2.05) is 28.5 Å². The van der Waals surface area contributed by atoms with Gasteiger partial charge in [-0.05, 0) is 35.6 Å². The van der Waals surface area contributed by atoms with Crippen LogP contribution in [0.15, 0.2) is 46.3 Å². The number of amides is 1. The van der Waals surface area contributed by atoms with E-state index in [0.29, 0.717) is 31.2 Å². The third kappa shape index (κ3) is 3.35. The summed E-state index contributed by atoms with van der Waals surface area (Å²) in [5.74, 6) is 1.29. The average molecular weight is 353 g/mol. The molecule has 1 fully saturated rings. The first-order valence-electron chi connectivity index (χ1n) is 8.46. The van der Waals surface area contributed by atoms with E-state index in [-0.39, 0.29) is 11.8 Å². The monoisotopic (exact) mass is 353 g/mol. The molecule has 1 atom stereocenters. The third-order valence-electron chi connectivity index (χ3n) is 4.56. The molecule has 1 unspecified atom stereocenters. The molecule has 2 aromatic heterocycles. The minimum absolute atomic E-state index is 0.000114. The molecule has 0 aliphatic carbocycles. The van der Waals surface area contributed by atoms with Gasteiger partial charge in [0.15, 0.2) is 5.82 Å². The smallest absolute Gasteiger partial charge is 0.257 e. The van der Waals surface area contributed by atoms with Gasteiger partial charge in [-0.1, -0.05) is 30.3 Å². The van der Waals surface area contributed by atoms with Gasteiger partial charge in [0.05, 0.1) is 6.54 Å². The minimum Gasteiger partial charge on any atom is -0.337 e. The van der Waals surface area contributed by atoms with Crippen molar-refractivity contribution in [1.29, 1.82) is 0 Å².